The lowest BCUT2D eigenvalue weighted by Gasteiger charge is -2.16. The molecule has 1 atom stereocenters. The third kappa shape index (κ3) is 4.75. The number of carbonyl (C=O) groups is 1. The topological polar surface area (TPSA) is 26.3 Å². The van der Waals surface area contributed by atoms with E-state index >= 15 is 0 Å². The van der Waals surface area contributed by atoms with Gasteiger partial charge in [-0.3, -0.25) is 4.79 Å². The van der Waals surface area contributed by atoms with Crippen molar-refractivity contribution < 1.29 is 9.53 Å². The smallest absolute Gasteiger partial charge is 0.313 e. The Kier molecular flexibility index (Phi) is 6.01. The molecule has 0 radical (unpaired) electrons. The maximum Gasteiger partial charge on any atom is 0.313 e. The fourth-order valence-corrected chi connectivity index (χ4v) is 2.50. The Hall–Kier alpha value is -2.09. The molecule has 0 fully saturated rings. The zero-order valence-electron chi connectivity index (χ0n) is 12.5. The molecule has 2 rings (SSSR count). The van der Waals surface area contributed by atoms with Gasteiger partial charge in [0, 0.05) is 0 Å². The summed E-state index contributed by atoms with van der Waals surface area (Å²) in [5.41, 5.74) is 2.36. The molecule has 0 aliphatic rings. The standard InChI is InChI=1S/C19H22O2/c1-2-21-19(20)18(17-13-7-4-8-14-17)15-9-12-16-10-5-3-6-11-16/h3-8,10-11,13-14,18H,2,9,12,15H2,1H3. The van der Waals surface area contributed by atoms with E-state index < -0.39 is 0 Å². The summed E-state index contributed by atoms with van der Waals surface area (Å²) >= 11 is 0. The number of benzene rings is 2. The Bertz CT molecular complexity index is 534. The minimum Gasteiger partial charge on any atom is -0.466 e. The predicted molar refractivity (Wildman–Crippen MR) is 85.2 cm³/mol. The zero-order chi connectivity index (χ0) is 14.9. The molecule has 2 aromatic rings. The molecular weight excluding hydrogens is 260 g/mol. The third-order valence-electron chi connectivity index (χ3n) is 3.57. The van der Waals surface area contributed by atoms with Gasteiger partial charge in [-0.1, -0.05) is 60.7 Å². The first-order chi connectivity index (χ1) is 10.3. The van der Waals surface area contributed by atoms with Crippen molar-refractivity contribution in [1.29, 1.82) is 0 Å². The van der Waals surface area contributed by atoms with Gasteiger partial charge in [-0.15, -0.1) is 0 Å². The van der Waals surface area contributed by atoms with Gasteiger partial charge in [-0.25, -0.2) is 0 Å². The molecule has 0 heterocycles. The lowest BCUT2D eigenvalue weighted by atomic mass is 9.92. The summed E-state index contributed by atoms with van der Waals surface area (Å²) in [4.78, 5) is 12.2. The largest absolute Gasteiger partial charge is 0.466 e. The van der Waals surface area contributed by atoms with Crippen molar-refractivity contribution in [2.24, 2.45) is 0 Å². The van der Waals surface area contributed by atoms with E-state index in [2.05, 4.69) is 24.3 Å². The van der Waals surface area contributed by atoms with E-state index in [0.717, 1.165) is 24.8 Å². The Morgan fingerprint density at radius 2 is 1.62 bits per heavy atom. The van der Waals surface area contributed by atoms with Crippen molar-refractivity contribution in [3.63, 3.8) is 0 Å². The van der Waals surface area contributed by atoms with Crippen molar-refractivity contribution in [1.82, 2.24) is 0 Å². The minimum atomic E-state index is -0.158. The number of hydrogen-bond donors (Lipinski definition) is 0. The van der Waals surface area contributed by atoms with Crippen molar-refractivity contribution in [3.05, 3.63) is 71.8 Å². The molecule has 2 heteroatoms. The van der Waals surface area contributed by atoms with Gasteiger partial charge < -0.3 is 4.74 Å². The summed E-state index contributed by atoms with van der Waals surface area (Å²) in [7, 11) is 0. The summed E-state index contributed by atoms with van der Waals surface area (Å²) < 4.78 is 5.22. The lowest BCUT2D eigenvalue weighted by Crippen LogP contribution is -2.16. The van der Waals surface area contributed by atoms with Gasteiger partial charge in [0.15, 0.2) is 0 Å². The van der Waals surface area contributed by atoms with Crippen molar-refractivity contribution in [3.8, 4) is 0 Å². The van der Waals surface area contributed by atoms with Crippen molar-refractivity contribution in [2.75, 3.05) is 6.61 Å². The lowest BCUT2D eigenvalue weighted by molar-refractivity contribution is -0.145. The van der Waals surface area contributed by atoms with Gasteiger partial charge in [0.1, 0.15) is 0 Å². The molecule has 2 aromatic carbocycles. The Labute approximate surface area is 126 Å². The monoisotopic (exact) mass is 282 g/mol. The minimum absolute atomic E-state index is 0.114. The van der Waals surface area contributed by atoms with Crippen molar-refractivity contribution >= 4 is 5.97 Å². The molecule has 110 valence electrons. The Morgan fingerprint density at radius 1 is 1.00 bits per heavy atom. The van der Waals surface area contributed by atoms with E-state index in [-0.39, 0.29) is 11.9 Å². The van der Waals surface area contributed by atoms with E-state index in [4.69, 9.17) is 4.74 Å². The molecular formula is C19H22O2. The Balaban J connectivity index is 1.98. The second-order valence-electron chi connectivity index (χ2n) is 5.09. The van der Waals surface area contributed by atoms with Gasteiger partial charge in [0.05, 0.1) is 12.5 Å². The number of hydrogen-bond acceptors (Lipinski definition) is 2. The first-order valence-corrected chi connectivity index (χ1v) is 7.56. The molecule has 0 spiro atoms. The summed E-state index contributed by atoms with van der Waals surface area (Å²) in [5, 5.41) is 0. The van der Waals surface area contributed by atoms with E-state index in [1.807, 2.05) is 43.3 Å². The van der Waals surface area contributed by atoms with Crippen LogP contribution in [0.3, 0.4) is 0 Å². The average Bonchev–Trinajstić information content (AvgIpc) is 2.53. The van der Waals surface area contributed by atoms with Crippen LogP contribution in [0, 0.1) is 0 Å². The number of carbonyl (C=O) groups excluding carboxylic acids is 1. The fraction of sp³-hybridized carbons (Fsp3) is 0.316. The molecule has 0 N–H and O–H groups in total. The summed E-state index contributed by atoms with van der Waals surface area (Å²) in [5.74, 6) is -0.272. The molecule has 0 saturated carbocycles. The van der Waals surface area contributed by atoms with Crippen molar-refractivity contribution in [2.45, 2.75) is 32.1 Å². The summed E-state index contributed by atoms with van der Waals surface area (Å²) in [6, 6.07) is 20.3. The summed E-state index contributed by atoms with van der Waals surface area (Å²) in [6.45, 7) is 2.28. The maximum atomic E-state index is 12.2. The molecule has 0 bridgehead atoms. The molecule has 0 aromatic heterocycles. The molecule has 0 amide bonds. The molecule has 0 aliphatic heterocycles. The van der Waals surface area contributed by atoms with Crippen LogP contribution in [0.5, 0.6) is 0 Å². The van der Waals surface area contributed by atoms with Crippen LogP contribution in [0.1, 0.15) is 36.8 Å². The number of rotatable bonds is 7. The number of esters is 1. The highest BCUT2D eigenvalue weighted by Gasteiger charge is 2.21. The van der Waals surface area contributed by atoms with E-state index in [1.54, 1.807) is 0 Å². The molecule has 21 heavy (non-hydrogen) atoms. The van der Waals surface area contributed by atoms with Crippen LogP contribution in [0.25, 0.3) is 0 Å². The average molecular weight is 282 g/mol. The Morgan fingerprint density at radius 3 is 2.24 bits per heavy atom. The SMILES string of the molecule is CCOC(=O)C(CCCc1ccccc1)c1ccccc1. The quantitative estimate of drug-likeness (QED) is 0.705. The maximum absolute atomic E-state index is 12.2. The highest BCUT2D eigenvalue weighted by molar-refractivity contribution is 5.78. The fourth-order valence-electron chi connectivity index (χ4n) is 2.50. The van der Waals surface area contributed by atoms with E-state index in [0.29, 0.717) is 6.61 Å². The van der Waals surface area contributed by atoms with Crippen LogP contribution in [0.15, 0.2) is 60.7 Å². The van der Waals surface area contributed by atoms with Crippen LogP contribution in [0.4, 0.5) is 0 Å². The van der Waals surface area contributed by atoms with Gasteiger partial charge in [0.2, 0.25) is 0 Å². The zero-order valence-corrected chi connectivity index (χ0v) is 12.5. The van der Waals surface area contributed by atoms with Crippen LogP contribution < -0.4 is 0 Å². The van der Waals surface area contributed by atoms with Gasteiger partial charge >= 0.3 is 5.97 Å². The first kappa shape index (κ1) is 15.3. The first-order valence-electron chi connectivity index (χ1n) is 7.56. The molecule has 0 saturated heterocycles. The van der Waals surface area contributed by atoms with E-state index in [9.17, 15) is 4.79 Å². The van der Waals surface area contributed by atoms with Crippen LogP contribution in [-0.2, 0) is 16.0 Å². The highest BCUT2D eigenvalue weighted by Crippen LogP contribution is 2.24. The highest BCUT2D eigenvalue weighted by atomic mass is 16.5. The second kappa shape index (κ2) is 8.25. The van der Waals surface area contributed by atoms with Gasteiger partial charge in [-0.05, 0) is 37.3 Å². The van der Waals surface area contributed by atoms with Gasteiger partial charge in [0.25, 0.3) is 0 Å². The van der Waals surface area contributed by atoms with Crippen LogP contribution >= 0.6 is 0 Å². The van der Waals surface area contributed by atoms with E-state index in [1.165, 1.54) is 5.56 Å². The number of aryl methyl sites for hydroxylation is 1. The third-order valence-corrected chi connectivity index (χ3v) is 3.57. The van der Waals surface area contributed by atoms with Gasteiger partial charge in [-0.2, -0.15) is 0 Å². The van der Waals surface area contributed by atoms with Crippen LogP contribution in [-0.4, -0.2) is 12.6 Å². The molecule has 1 unspecified atom stereocenters. The van der Waals surface area contributed by atoms with Crippen LogP contribution in [0.2, 0.25) is 0 Å². The normalized spacial score (nSPS) is 11.9. The number of ether oxygens (including phenoxy) is 1. The predicted octanol–water partition coefficient (Wildman–Crippen LogP) is 4.36. The second-order valence-corrected chi connectivity index (χ2v) is 5.09. The summed E-state index contributed by atoms with van der Waals surface area (Å²) in [6.07, 6.45) is 2.78. The molecule has 0 aliphatic carbocycles. The molecule has 2 nitrogen and oxygen atoms in total.